The number of benzene rings is 2. The lowest BCUT2D eigenvalue weighted by Crippen LogP contribution is -2.55. The smallest absolute Gasteiger partial charge is 0.173 e. The number of nitrogens with zero attached hydrogens (tertiary/aromatic N) is 1. The molecule has 5 unspecified atom stereocenters. The summed E-state index contributed by atoms with van der Waals surface area (Å²) >= 11 is 1.10. The number of hydrogen-bond donors (Lipinski definition) is 4. The lowest BCUT2D eigenvalue weighted by molar-refractivity contribution is -0.0910. The number of aliphatic hydroxyl groups excluding tert-OH is 4. The minimum absolute atomic E-state index is 0.331. The molecule has 0 saturated carbocycles. The Bertz CT molecular complexity index is 805. The number of rotatable bonds is 5. The Hall–Kier alpha value is -2.08. The molecule has 5 atom stereocenters. The fourth-order valence-corrected chi connectivity index (χ4v) is 4.21. The molecule has 0 bridgehead atoms. The van der Waals surface area contributed by atoms with Crippen molar-refractivity contribution in [3.05, 3.63) is 65.2 Å². The van der Waals surface area contributed by atoms with Gasteiger partial charge < -0.3 is 25.2 Å². The predicted molar refractivity (Wildman–Crippen MR) is 101 cm³/mol. The van der Waals surface area contributed by atoms with E-state index in [9.17, 15) is 20.4 Å². The van der Waals surface area contributed by atoms with E-state index in [1.54, 1.807) is 18.2 Å². The van der Waals surface area contributed by atoms with E-state index in [-0.39, 0.29) is 6.61 Å². The van der Waals surface area contributed by atoms with Gasteiger partial charge in [-0.05, 0) is 29.3 Å². The molecule has 1 saturated heterocycles. The van der Waals surface area contributed by atoms with Crippen LogP contribution in [0.4, 0.5) is 0 Å². The molecule has 1 aliphatic heterocycles. The molecule has 3 rings (SSSR count). The summed E-state index contributed by atoms with van der Waals surface area (Å²) < 4.78 is 5.95. The van der Waals surface area contributed by atoms with Crippen molar-refractivity contribution in [3.63, 3.8) is 0 Å². The van der Waals surface area contributed by atoms with Crippen molar-refractivity contribution < 1.29 is 25.2 Å². The standard InChI is InChI=1S/C20H21NO5S/c21-10-13-7-5-12(6-8-13)9-14-3-1-2-4-15(14)26-20-19(25)18(24)17(23)16(11-22)27-20/h1-8,16-20,22-25H,9,11H2. The van der Waals surface area contributed by atoms with Gasteiger partial charge in [0.25, 0.3) is 0 Å². The first kappa shape index (κ1) is 19.7. The van der Waals surface area contributed by atoms with E-state index >= 15 is 0 Å². The zero-order chi connectivity index (χ0) is 19.4. The van der Waals surface area contributed by atoms with E-state index in [2.05, 4.69) is 6.07 Å². The van der Waals surface area contributed by atoms with Crippen LogP contribution in [-0.2, 0) is 6.42 Å². The molecule has 0 aromatic heterocycles. The minimum Gasteiger partial charge on any atom is -0.477 e. The normalized spacial score (nSPS) is 27.7. The molecule has 1 aliphatic rings. The highest BCUT2D eigenvalue weighted by Crippen LogP contribution is 2.35. The second kappa shape index (κ2) is 8.74. The van der Waals surface area contributed by atoms with Crippen molar-refractivity contribution in [2.75, 3.05) is 6.61 Å². The third-order valence-electron chi connectivity index (χ3n) is 4.54. The minimum atomic E-state index is -1.39. The molecule has 0 amide bonds. The molecular weight excluding hydrogens is 366 g/mol. The zero-order valence-electron chi connectivity index (χ0n) is 14.5. The Kier molecular flexibility index (Phi) is 6.37. The van der Waals surface area contributed by atoms with Crippen molar-refractivity contribution in [3.8, 4) is 11.8 Å². The molecule has 0 radical (unpaired) electrons. The summed E-state index contributed by atoms with van der Waals surface area (Å²) in [5, 5.41) is 47.8. The Balaban J connectivity index is 1.78. The zero-order valence-corrected chi connectivity index (χ0v) is 15.3. The fourth-order valence-electron chi connectivity index (χ4n) is 2.97. The van der Waals surface area contributed by atoms with Gasteiger partial charge in [-0.3, -0.25) is 0 Å². The van der Waals surface area contributed by atoms with Crippen LogP contribution >= 0.6 is 11.8 Å². The number of nitriles is 1. The second-order valence-electron chi connectivity index (χ2n) is 6.41. The molecule has 0 aliphatic carbocycles. The molecule has 0 spiro atoms. The van der Waals surface area contributed by atoms with Crippen molar-refractivity contribution >= 4 is 11.8 Å². The lowest BCUT2D eigenvalue weighted by atomic mass is 10.0. The van der Waals surface area contributed by atoms with Crippen molar-refractivity contribution in [1.29, 1.82) is 5.26 Å². The summed E-state index contributed by atoms with van der Waals surface area (Å²) in [6, 6.07) is 16.7. The summed E-state index contributed by atoms with van der Waals surface area (Å²) in [7, 11) is 0. The molecule has 2 aromatic carbocycles. The number of hydrogen-bond acceptors (Lipinski definition) is 7. The maximum absolute atomic E-state index is 10.3. The van der Waals surface area contributed by atoms with Crippen LogP contribution in [0.15, 0.2) is 48.5 Å². The molecule has 27 heavy (non-hydrogen) atoms. The summed E-state index contributed by atoms with van der Waals surface area (Å²) in [5.41, 5.74) is 1.66. The predicted octanol–water partition coefficient (Wildman–Crippen LogP) is 1.04. The SMILES string of the molecule is N#Cc1ccc(Cc2ccccc2OC2SC(CO)C(O)C(O)C2O)cc1. The largest absolute Gasteiger partial charge is 0.477 e. The van der Waals surface area contributed by atoms with Crippen LogP contribution in [0, 0.1) is 11.3 Å². The number of thioether (sulfide) groups is 1. The maximum Gasteiger partial charge on any atom is 0.173 e. The first-order chi connectivity index (χ1) is 13.0. The van der Waals surface area contributed by atoms with E-state index in [4.69, 9.17) is 10.00 Å². The lowest BCUT2D eigenvalue weighted by Gasteiger charge is -2.39. The van der Waals surface area contributed by atoms with Crippen molar-refractivity contribution in [2.24, 2.45) is 0 Å². The van der Waals surface area contributed by atoms with Gasteiger partial charge in [0.05, 0.1) is 29.6 Å². The molecule has 1 heterocycles. The molecule has 2 aromatic rings. The quantitative estimate of drug-likeness (QED) is 0.606. The van der Waals surface area contributed by atoms with Gasteiger partial charge in [0.2, 0.25) is 0 Å². The van der Waals surface area contributed by atoms with E-state index in [1.165, 1.54) is 0 Å². The second-order valence-corrected chi connectivity index (χ2v) is 7.75. The van der Waals surface area contributed by atoms with E-state index in [0.29, 0.717) is 17.7 Å². The Morgan fingerprint density at radius 3 is 2.33 bits per heavy atom. The van der Waals surface area contributed by atoms with Crippen molar-refractivity contribution in [1.82, 2.24) is 0 Å². The van der Waals surface area contributed by atoms with Crippen LogP contribution in [0.3, 0.4) is 0 Å². The van der Waals surface area contributed by atoms with Crippen LogP contribution in [0.25, 0.3) is 0 Å². The fraction of sp³-hybridized carbons (Fsp3) is 0.350. The first-order valence-electron chi connectivity index (χ1n) is 8.57. The Morgan fingerprint density at radius 2 is 1.67 bits per heavy atom. The monoisotopic (exact) mass is 387 g/mol. The molecule has 7 heteroatoms. The molecule has 4 N–H and O–H groups in total. The van der Waals surface area contributed by atoms with Gasteiger partial charge in [-0.15, -0.1) is 11.8 Å². The molecule has 6 nitrogen and oxygen atoms in total. The van der Waals surface area contributed by atoms with Crippen LogP contribution in [0.2, 0.25) is 0 Å². The van der Waals surface area contributed by atoms with Crippen molar-refractivity contribution in [2.45, 2.75) is 35.4 Å². The van der Waals surface area contributed by atoms with E-state index in [1.807, 2.05) is 30.3 Å². The summed E-state index contributed by atoms with van der Waals surface area (Å²) in [6.07, 6.45) is -3.32. The third kappa shape index (κ3) is 4.43. The van der Waals surface area contributed by atoms with Crippen LogP contribution in [-0.4, -0.2) is 56.0 Å². The third-order valence-corrected chi connectivity index (χ3v) is 5.96. The number of aliphatic hydroxyl groups is 4. The summed E-state index contributed by atoms with van der Waals surface area (Å²) in [5.74, 6) is 0.554. The van der Waals surface area contributed by atoms with Gasteiger partial charge in [-0.1, -0.05) is 30.3 Å². The molecule has 142 valence electrons. The van der Waals surface area contributed by atoms with E-state index in [0.717, 1.165) is 22.9 Å². The van der Waals surface area contributed by atoms with Crippen LogP contribution < -0.4 is 4.74 Å². The highest BCUT2D eigenvalue weighted by Gasteiger charge is 2.44. The van der Waals surface area contributed by atoms with Crippen LogP contribution in [0.1, 0.15) is 16.7 Å². The van der Waals surface area contributed by atoms with Gasteiger partial charge in [0, 0.05) is 6.42 Å². The highest BCUT2D eigenvalue weighted by molar-refractivity contribution is 8.00. The average Bonchev–Trinajstić information content (AvgIpc) is 2.70. The first-order valence-corrected chi connectivity index (χ1v) is 9.52. The average molecular weight is 387 g/mol. The van der Waals surface area contributed by atoms with Gasteiger partial charge in [0.15, 0.2) is 5.44 Å². The van der Waals surface area contributed by atoms with Gasteiger partial charge in [0.1, 0.15) is 18.0 Å². The van der Waals surface area contributed by atoms with Gasteiger partial charge >= 0.3 is 0 Å². The highest BCUT2D eigenvalue weighted by atomic mass is 32.2. The van der Waals surface area contributed by atoms with E-state index < -0.39 is 29.0 Å². The topological polar surface area (TPSA) is 114 Å². The van der Waals surface area contributed by atoms with Gasteiger partial charge in [-0.2, -0.15) is 5.26 Å². The van der Waals surface area contributed by atoms with Crippen LogP contribution in [0.5, 0.6) is 5.75 Å². The number of ether oxygens (including phenoxy) is 1. The summed E-state index contributed by atoms with van der Waals surface area (Å²) in [6.45, 7) is -0.331. The molecular formula is C20H21NO5S. The Morgan fingerprint density at radius 1 is 0.963 bits per heavy atom. The number of para-hydroxylation sites is 1. The maximum atomic E-state index is 10.3. The summed E-state index contributed by atoms with van der Waals surface area (Å²) in [4.78, 5) is 0. The molecule has 1 fully saturated rings. The Labute approximate surface area is 161 Å². The van der Waals surface area contributed by atoms with Gasteiger partial charge in [-0.25, -0.2) is 0 Å².